The highest BCUT2D eigenvalue weighted by molar-refractivity contribution is 9.10. The van der Waals surface area contributed by atoms with Crippen LogP contribution in [0.2, 0.25) is 0 Å². The molecule has 2 aromatic heterocycles. The predicted octanol–water partition coefficient (Wildman–Crippen LogP) is 2.60. The summed E-state index contributed by atoms with van der Waals surface area (Å²) in [5.74, 6) is -0.589. The topological polar surface area (TPSA) is 82.4 Å². The molecule has 0 radical (unpaired) electrons. The molecule has 0 unspecified atom stereocenters. The summed E-state index contributed by atoms with van der Waals surface area (Å²) in [7, 11) is 0. The van der Waals surface area contributed by atoms with Gasteiger partial charge in [0.1, 0.15) is 5.82 Å². The maximum absolute atomic E-state index is 14.2. The van der Waals surface area contributed by atoms with Crippen LogP contribution >= 0.6 is 15.9 Å². The van der Waals surface area contributed by atoms with Crippen molar-refractivity contribution in [3.8, 4) is 5.69 Å². The highest BCUT2D eigenvalue weighted by Gasteiger charge is 2.20. The molecule has 7 nitrogen and oxygen atoms in total. The van der Waals surface area contributed by atoms with Crippen LogP contribution in [0.25, 0.3) is 11.5 Å². The molecule has 0 aliphatic rings. The Bertz CT molecular complexity index is 979. The number of halogens is 2. The largest absolute Gasteiger partial charge is 0.289 e. The van der Waals surface area contributed by atoms with Crippen LogP contribution in [0.1, 0.15) is 5.69 Å². The Hall–Kier alpha value is -2.55. The highest BCUT2D eigenvalue weighted by atomic mass is 79.9. The third kappa shape index (κ3) is 2.10. The third-order valence-electron chi connectivity index (χ3n) is 3.21. The van der Waals surface area contributed by atoms with Gasteiger partial charge in [-0.05, 0) is 28.9 Å². The van der Waals surface area contributed by atoms with Gasteiger partial charge in [0, 0.05) is 30.2 Å². The molecule has 0 bridgehead atoms. The van der Waals surface area contributed by atoms with Crippen molar-refractivity contribution in [3.05, 3.63) is 67.0 Å². The van der Waals surface area contributed by atoms with Crippen molar-refractivity contribution in [3.63, 3.8) is 0 Å². The van der Waals surface area contributed by atoms with E-state index in [4.69, 9.17) is 0 Å². The Morgan fingerprint density at radius 1 is 1.36 bits per heavy atom. The molecule has 0 aliphatic heterocycles. The van der Waals surface area contributed by atoms with E-state index in [9.17, 15) is 19.3 Å². The van der Waals surface area contributed by atoms with Crippen LogP contribution in [0, 0.1) is 22.9 Å². The smallest absolute Gasteiger partial charge is 0.285 e. The predicted molar refractivity (Wildman–Crippen MR) is 79.8 cm³/mol. The molecule has 2 heterocycles. The number of hydrogen-bond acceptors (Lipinski definition) is 4. The summed E-state index contributed by atoms with van der Waals surface area (Å²) < 4.78 is 16.8. The van der Waals surface area contributed by atoms with Crippen molar-refractivity contribution < 1.29 is 9.31 Å². The van der Waals surface area contributed by atoms with Gasteiger partial charge in [-0.15, -0.1) is 0 Å². The lowest BCUT2D eigenvalue weighted by atomic mass is 10.2. The molecule has 0 atom stereocenters. The van der Waals surface area contributed by atoms with E-state index < -0.39 is 16.3 Å². The molecule has 0 saturated carbocycles. The second kappa shape index (κ2) is 5.02. The first-order chi connectivity index (χ1) is 10.4. The zero-order valence-corrected chi connectivity index (χ0v) is 12.7. The van der Waals surface area contributed by atoms with E-state index in [1.165, 1.54) is 12.3 Å². The fourth-order valence-electron chi connectivity index (χ4n) is 2.21. The SMILES string of the molecule is Cc1cc(=O)n(-c2cc([N+](=O)[O-])c(Br)cc2F)c2nccn12. The van der Waals surface area contributed by atoms with Crippen molar-refractivity contribution in [2.24, 2.45) is 0 Å². The first-order valence-corrected chi connectivity index (χ1v) is 6.89. The molecular formula is C13H8BrFN4O3. The number of benzene rings is 1. The summed E-state index contributed by atoms with van der Waals surface area (Å²) in [6.07, 6.45) is 3.08. The Morgan fingerprint density at radius 3 is 2.77 bits per heavy atom. The van der Waals surface area contributed by atoms with E-state index in [0.717, 1.165) is 16.7 Å². The lowest BCUT2D eigenvalue weighted by molar-refractivity contribution is -0.385. The Kier molecular flexibility index (Phi) is 3.28. The number of nitrogens with zero attached hydrogens (tertiary/aromatic N) is 4. The summed E-state index contributed by atoms with van der Waals surface area (Å²) in [5, 5.41) is 11.0. The summed E-state index contributed by atoms with van der Waals surface area (Å²) in [5.41, 5.74) is -0.461. The zero-order valence-electron chi connectivity index (χ0n) is 11.2. The molecular weight excluding hydrogens is 359 g/mol. The van der Waals surface area contributed by atoms with E-state index >= 15 is 0 Å². The zero-order chi connectivity index (χ0) is 16.0. The van der Waals surface area contributed by atoms with E-state index in [1.807, 2.05) is 0 Å². The van der Waals surface area contributed by atoms with Gasteiger partial charge in [0.25, 0.3) is 11.2 Å². The number of hydrogen-bond donors (Lipinski definition) is 0. The third-order valence-corrected chi connectivity index (χ3v) is 3.84. The number of fused-ring (bicyclic) bond motifs is 1. The summed E-state index contributed by atoms with van der Waals surface area (Å²) in [6.45, 7) is 1.71. The first kappa shape index (κ1) is 14.4. The average Bonchev–Trinajstić information content (AvgIpc) is 2.90. The number of nitro groups is 1. The molecule has 1 aromatic carbocycles. The van der Waals surface area contributed by atoms with Crippen LogP contribution in [0.5, 0.6) is 0 Å². The summed E-state index contributed by atoms with van der Waals surface area (Å²) in [6, 6.07) is 3.27. The fraction of sp³-hybridized carbons (Fsp3) is 0.0769. The van der Waals surface area contributed by atoms with Crippen LogP contribution in [-0.4, -0.2) is 18.9 Å². The molecule has 3 rings (SSSR count). The minimum absolute atomic E-state index is 0.00160. The van der Waals surface area contributed by atoms with E-state index in [1.54, 1.807) is 17.5 Å². The van der Waals surface area contributed by atoms with Gasteiger partial charge in [0.05, 0.1) is 15.1 Å². The van der Waals surface area contributed by atoms with Crippen molar-refractivity contribution >= 4 is 27.4 Å². The van der Waals surface area contributed by atoms with Crippen molar-refractivity contribution in [2.75, 3.05) is 0 Å². The van der Waals surface area contributed by atoms with Crippen molar-refractivity contribution in [1.82, 2.24) is 14.0 Å². The van der Waals surface area contributed by atoms with Gasteiger partial charge in [0.2, 0.25) is 5.78 Å². The lowest BCUT2D eigenvalue weighted by Gasteiger charge is -2.10. The van der Waals surface area contributed by atoms with Gasteiger partial charge in [-0.3, -0.25) is 19.3 Å². The fourth-order valence-corrected chi connectivity index (χ4v) is 2.67. The number of rotatable bonds is 2. The monoisotopic (exact) mass is 366 g/mol. The first-order valence-electron chi connectivity index (χ1n) is 6.09. The van der Waals surface area contributed by atoms with Crippen LogP contribution in [0.15, 0.2) is 39.9 Å². The number of imidazole rings is 1. The minimum atomic E-state index is -0.770. The van der Waals surface area contributed by atoms with Gasteiger partial charge < -0.3 is 0 Å². The molecule has 0 spiro atoms. The van der Waals surface area contributed by atoms with Gasteiger partial charge in [-0.2, -0.15) is 0 Å². The Labute approximate surface area is 130 Å². The maximum atomic E-state index is 14.2. The molecule has 3 aromatic rings. The van der Waals surface area contributed by atoms with E-state index in [0.29, 0.717) is 5.69 Å². The summed E-state index contributed by atoms with van der Waals surface area (Å²) in [4.78, 5) is 26.6. The molecule has 0 amide bonds. The van der Waals surface area contributed by atoms with E-state index in [2.05, 4.69) is 20.9 Å². The van der Waals surface area contributed by atoms with Crippen LogP contribution < -0.4 is 5.56 Å². The highest BCUT2D eigenvalue weighted by Crippen LogP contribution is 2.29. The van der Waals surface area contributed by atoms with Crippen molar-refractivity contribution in [2.45, 2.75) is 6.92 Å². The molecule has 22 heavy (non-hydrogen) atoms. The molecule has 0 saturated heterocycles. The van der Waals surface area contributed by atoms with Crippen LogP contribution in [-0.2, 0) is 0 Å². The van der Waals surface area contributed by atoms with Gasteiger partial charge >= 0.3 is 0 Å². The molecule has 112 valence electrons. The molecule has 9 heteroatoms. The maximum Gasteiger partial charge on any atom is 0.285 e. The quantitative estimate of drug-likeness (QED) is 0.515. The standard InChI is InChI=1S/C13H8BrFN4O3/c1-7-4-12(20)18(13-16-2-3-17(7)13)11-6-10(19(21)22)8(14)5-9(11)15/h2-6H,1H3. The lowest BCUT2D eigenvalue weighted by Crippen LogP contribution is -2.22. The molecule has 0 fully saturated rings. The number of aryl methyl sites for hydroxylation is 1. The number of aromatic nitrogens is 3. The van der Waals surface area contributed by atoms with Gasteiger partial charge in [-0.25, -0.2) is 13.9 Å². The van der Waals surface area contributed by atoms with Gasteiger partial charge in [-0.1, -0.05) is 0 Å². The van der Waals surface area contributed by atoms with Crippen LogP contribution in [0.4, 0.5) is 10.1 Å². The second-order valence-corrected chi connectivity index (χ2v) is 5.42. The number of nitro benzene ring substituents is 1. The molecule has 0 N–H and O–H groups in total. The Balaban J connectivity index is 2.42. The van der Waals surface area contributed by atoms with Crippen LogP contribution in [0.3, 0.4) is 0 Å². The minimum Gasteiger partial charge on any atom is -0.289 e. The second-order valence-electron chi connectivity index (χ2n) is 4.57. The van der Waals surface area contributed by atoms with Crippen molar-refractivity contribution in [1.29, 1.82) is 0 Å². The van der Waals surface area contributed by atoms with E-state index in [-0.39, 0.29) is 21.6 Å². The molecule has 0 aliphatic carbocycles. The average molecular weight is 367 g/mol. The normalized spacial score (nSPS) is 11.0. The summed E-state index contributed by atoms with van der Waals surface area (Å²) >= 11 is 2.94. The van der Waals surface area contributed by atoms with Gasteiger partial charge in [0.15, 0.2) is 0 Å². The Morgan fingerprint density at radius 2 is 2.09 bits per heavy atom.